The van der Waals surface area contributed by atoms with E-state index in [0.29, 0.717) is 30.4 Å². The molecular weight excluding hydrogens is 386 g/mol. The minimum absolute atomic E-state index is 0.0314. The van der Waals surface area contributed by atoms with Crippen LogP contribution in [0.4, 0.5) is 0 Å². The molecule has 1 unspecified atom stereocenters. The van der Waals surface area contributed by atoms with Crippen LogP contribution >= 0.6 is 0 Å². The molecule has 0 saturated carbocycles. The van der Waals surface area contributed by atoms with Crippen LogP contribution in [0.3, 0.4) is 0 Å². The van der Waals surface area contributed by atoms with Gasteiger partial charge >= 0.3 is 0 Å². The number of benzene rings is 1. The predicted molar refractivity (Wildman–Crippen MR) is 118 cm³/mol. The summed E-state index contributed by atoms with van der Waals surface area (Å²) in [5, 5.41) is 11.0. The maximum Gasteiger partial charge on any atom is 0.191 e. The molecule has 29 heavy (non-hydrogen) atoms. The van der Waals surface area contributed by atoms with Crippen LogP contribution in [-0.2, 0) is 16.4 Å². The van der Waals surface area contributed by atoms with Crippen LogP contribution in [0.2, 0.25) is 0 Å². The van der Waals surface area contributed by atoms with Crippen molar-refractivity contribution in [3.8, 4) is 0 Å². The summed E-state index contributed by atoms with van der Waals surface area (Å²) in [5.41, 5.74) is 2.17. The van der Waals surface area contributed by atoms with Crippen molar-refractivity contribution in [3.63, 3.8) is 0 Å². The molecule has 0 radical (unpaired) electrons. The first-order valence-electron chi connectivity index (χ1n) is 10.2. The van der Waals surface area contributed by atoms with Crippen molar-refractivity contribution in [2.24, 2.45) is 4.99 Å². The Hall–Kier alpha value is -2.35. The van der Waals surface area contributed by atoms with E-state index in [-0.39, 0.29) is 11.8 Å². The number of rotatable bonds is 10. The second-order valence-electron chi connectivity index (χ2n) is 7.11. The number of aromatic nitrogens is 2. The van der Waals surface area contributed by atoms with Crippen molar-refractivity contribution in [3.05, 3.63) is 47.8 Å². The molecule has 0 aliphatic carbocycles. The smallest absolute Gasteiger partial charge is 0.191 e. The lowest BCUT2D eigenvalue weighted by atomic mass is 10.2. The lowest BCUT2D eigenvalue weighted by molar-refractivity contribution is 0.560. The highest BCUT2D eigenvalue weighted by atomic mass is 32.2. The summed E-state index contributed by atoms with van der Waals surface area (Å²) < 4.78 is 27.4. The minimum Gasteiger partial charge on any atom is -0.357 e. The van der Waals surface area contributed by atoms with Gasteiger partial charge in [0.25, 0.3) is 0 Å². The molecule has 1 aromatic heterocycles. The molecule has 0 saturated heterocycles. The van der Waals surface area contributed by atoms with Crippen LogP contribution in [0.15, 0.2) is 46.3 Å². The summed E-state index contributed by atoms with van der Waals surface area (Å²) in [4.78, 5) is 4.97. The first-order valence-corrected chi connectivity index (χ1v) is 11.8. The molecular formula is C21H33N5O2S. The molecule has 2 aromatic rings. The number of aliphatic imine (C=N–C) groups is 1. The summed E-state index contributed by atoms with van der Waals surface area (Å²) in [7, 11) is -3.35. The molecule has 2 rings (SSSR count). The van der Waals surface area contributed by atoms with E-state index in [0.717, 1.165) is 24.4 Å². The molecule has 160 valence electrons. The summed E-state index contributed by atoms with van der Waals surface area (Å²) in [6, 6.07) is 10.4. The summed E-state index contributed by atoms with van der Waals surface area (Å²) in [5.74, 6) is 0.680. The third kappa shape index (κ3) is 7.20. The van der Waals surface area contributed by atoms with Crippen LogP contribution in [0, 0.1) is 13.8 Å². The highest BCUT2D eigenvalue weighted by Crippen LogP contribution is 2.12. The third-order valence-electron chi connectivity index (χ3n) is 4.60. The minimum atomic E-state index is -3.35. The summed E-state index contributed by atoms with van der Waals surface area (Å²) in [6.45, 7) is 10.2. The standard InChI is InChI=1S/C21H33N5O2S/c1-5-19(16-29(27,28)20-11-8-7-9-12-20)24-21(22-6-2)23-13-10-14-26-18(4)15-17(3)25-26/h7-9,11-12,15,19H,5-6,10,13-14,16H2,1-4H3,(H2,22,23,24). The van der Waals surface area contributed by atoms with Crippen molar-refractivity contribution >= 4 is 15.8 Å². The van der Waals surface area contributed by atoms with Gasteiger partial charge in [-0.2, -0.15) is 5.10 Å². The maximum absolute atomic E-state index is 12.7. The van der Waals surface area contributed by atoms with Gasteiger partial charge in [-0.3, -0.25) is 9.67 Å². The maximum atomic E-state index is 12.7. The molecule has 0 bridgehead atoms. The van der Waals surface area contributed by atoms with Gasteiger partial charge in [0, 0.05) is 31.4 Å². The Morgan fingerprint density at radius 3 is 2.52 bits per heavy atom. The van der Waals surface area contributed by atoms with Gasteiger partial charge in [-0.05, 0) is 51.8 Å². The van der Waals surface area contributed by atoms with E-state index in [4.69, 9.17) is 0 Å². The number of hydrogen-bond acceptors (Lipinski definition) is 4. The molecule has 1 heterocycles. The molecule has 0 fully saturated rings. The predicted octanol–water partition coefficient (Wildman–Crippen LogP) is 2.70. The fraction of sp³-hybridized carbons (Fsp3) is 0.524. The zero-order valence-corrected chi connectivity index (χ0v) is 18.7. The van der Waals surface area contributed by atoms with Crippen molar-refractivity contribution in [2.75, 3.05) is 18.8 Å². The van der Waals surface area contributed by atoms with E-state index in [1.165, 1.54) is 0 Å². The number of nitrogens with zero attached hydrogens (tertiary/aromatic N) is 3. The van der Waals surface area contributed by atoms with Gasteiger partial charge < -0.3 is 10.6 Å². The van der Waals surface area contributed by atoms with Gasteiger partial charge in [0.05, 0.1) is 16.3 Å². The third-order valence-corrected chi connectivity index (χ3v) is 6.43. The largest absolute Gasteiger partial charge is 0.357 e. The normalized spacial score (nSPS) is 13.3. The van der Waals surface area contributed by atoms with Crippen molar-refractivity contribution in [2.45, 2.75) is 58.0 Å². The van der Waals surface area contributed by atoms with Gasteiger partial charge in [-0.25, -0.2) is 8.42 Å². The van der Waals surface area contributed by atoms with Gasteiger partial charge in [0.1, 0.15) is 0 Å². The molecule has 0 spiro atoms. The average molecular weight is 420 g/mol. The highest BCUT2D eigenvalue weighted by Gasteiger charge is 2.20. The Labute approximate surface area is 174 Å². The van der Waals surface area contributed by atoms with Crippen LogP contribution in [0.5, 0.6) is 0 Å². The van der Waals surface area contributed by atoms with E-state index >= 15 is 0 Å². The number of aryl methyl sites for hydroxylation is 3. The number of nitrogens with one attached hydrogen (secondary N) is 2. The molecule has 2 N–H and O–H groups in total. The molecule has 0 amide bonds. The Balaban J connectivity index is 1.95. The zero-order chi connectivity index (χ0) is 21.3. The van der Waals surface area contributed by atoms with Crippen molar-refractivity contribution in [1.29, 1.82) is 0 Å². The summed E-state index contributed by atoms with van der Waals surface area (Å²) >= 11 is 0. The van der Waals surface area contributed by atoms with Gasteiger partial charge in [0.15, 0.2) is 15.8 Å². The monoisotopic (exact) mass is 419 g/mol. The Morgan fingerprint density at radius 2 is 1.93 bits per heavy atom. The van der Waals surface area contributed by atoms with E-state index < -0.39 is 9.84 Å². The topological polar surface area (TPSA) is 88.4 Å². The van der Waals surface area contributed by atoms with E-state index in [1.54, 1.807) is 24.3 Å². The average Bonchev–Trinajstić information content (AvgIpc) is 3.02. The molecule has 1 atom stereocenters. The van der Waals surface area contributed by atoms with Crippen LogP contribution in [0.1, 0.15) is 38.1 Å². The molecule has 8 heteroatoms. The lowest BCUT2D eigenvalue weighted by Gasteiger charge is -2.20. The van der Waals surface area contributed by atoms with Crippen LogP contribution < -0.4 is 10.6 Å². The molecule has 1 aromatic carbocycles. The van der Waals surface area contributed by atoms with E-state index in [2.05, 4.69) is 26.8 Å². The van der Waals surface area contributed by atoms with Crippen LogP contribution in [-0.4, -0.2) is 49.0 Å². The Kier molecular flexibility index (Phi) is 8.70. The lowest BCUT2D eigenvalue weighted by Crippen LogP contribution is -2.46. The molecule has 7 nitrogen and oxygen atoms in total. The second-order valence-corrected chi connectivity index (χ2v) is 9.14. The van der Waals surface area contributed by atoms with E-state index in [9.17, 15) is 8.42 Å². The van der Waals surface area contributed by atoms with Crippen molar-refractivity contribution in [1.82, 2.24) is 20.4 Å². The van der Waals surface area contributed by atoms with E-state index in [1.807, 2.05) is 38.4 Å². The molecule has 0 aliphatic rings. The number of sulfone groups is 1. The Morgan fingerprint density at radius 1 is 1.21 bits per heavy atom. The summed E-state index contributed by atoms with van der Waals surface area (Å²) in [6.07, 6.45) is 1.54. The fourth-order valence-corrected chi connectivity index (χ4v) is 4.69. The van der Waals surface area contributed by atoms with Crippen molar-refractivity contribution < 1.29 is 8.42 Å². The van der Waals surface area contributed by atoms with Gasteiger partial charge in [-0.15, -0.1) is 0 Å². The van der Waals surface area contributed by atoms with Gasteiger partial charge in [0.2, 0.25) is 0 Å². The zero-order valence-electron chi connectivity index (χ0n) is 17.9. The SMILES string of the molecule is CCNC(=NCCCn1nc(C)cc1C)NC(CC)CS(=O)(=O)c1ccccc1. The first-order chi connectivity index (χ1) is 13.9. The number of hydrogen-bond donors (Lipinski definition) is 2. The fourth-order valence-electron chi connectivity index (χ4n) is 3.08. The highest BCUT2D eigenvalue weighted by molar-refractivity contribution is 7.91. The Bertz CT molecular complexity index is 891. The number of guanidine groups is 1. The first kappa shape index (κ1) is 22.9. The van der Waals surface area contributed by atoms with Gasteiger partial charge in [-0.1, -0.05) is 25.1 Å². The quantitative estimate of drug-likeness (QED) is 0.351. The molecule has 0 aliphatic heterocycles. The van der Waals surface area contributed by atoms with Crippen LogP contribution in [0.25, 0.3) is 0 Å². The second kappa shape index (κ2) is 11.0.